The number of aromatic nitrogens is 1. The van der Waals surface area contributed by atoms with Crippen LogP contribution in [0.25, 0.3) is 5.57 Å². The fourth-order valence-electron chi connectivity index (χ4n) is 2.19. The summed E-state index contributed by atoms with van der Waals surface area (Å²) in [6.45, 7) is 1.12. The van der Waals surface area contributed by atoms with E-state index >= 15 is 0 Å². The molecule has 4 heteroatoms. The number of rotatable bonds is 1. The molecular weight excluding hydrogens is 231 g/mol. The van der Waals surface area contributed by atoms with Crippen LogP contribution in [0.15, 0.2) is 18.3 Å². The minimum Gasteiger partial charge on any atom is -0.310 e. The molecule has 2 nitrogen and oxygen atoms in total. The summed E-state index contributed by atoms with van der Waals surface area (Å²) in [6.07, 6.45) is 5.19. The van der Waals surface area contributed by atoms with Gasteiger partial charge in [0.2, 0.25) is 0 Å². The second-order valence-electron chi connectivity index (χ2n) is 4.09. The SMILES string of the molecule is Clc1cc(C2=C[C@H]3NC[C@H]3C2)cnc1Cl. The quantitative estimate of drug-likeness (QED) is 0.764. The van der Waals surface area contributed by atoms with Crippen LogP contribution in [0.5, 0.6) is 0 Å². The molecule has 0 bridgehead atoms. The van der Waals surface area contributed by atoms with E-state index in [1.54, 1.807) is 6.20 Å². The van der Waals surface area contributed by atoms with Crippen molar-refractivity contribution in [3.05, 3.63) is 34.1 Å². The van der Waals surface area contributed by atoms with Crippen molar-refractivity contribution in [1.29, 1.82) is 0 Å². The van der Waals surface area contributed by atoms with Crippen LogP contribution < -0.4 is 5.32 Å². The third-order valence-corrected chi connectivity index (χ3v) is 3.84. The Bertz CT molecular complexity index is 442. The maximum atomic E-state index is 5.94. The van der Waals surface area contributed by atoms with Crippen LogP contribution in [0.2, 0.25) is 10.2 Å². The maximum absolute atomic E-state index is 5.94. The number of hydrogen-bond acceptors (Lipinski definition) is 2. The lowest BCUT2D eigenvalue weighted by molar-refractivity contribution is 0.301. The predicted molar refractivity (Wildman–Crippen MR) is 62.1 cm³/mol. The van der Waals surface area contributed by atoms with Crippen molar-refractivity contribution in [1.82, 2.24) is 10.3 Å². The van der Waals surface area contributed by atoms with Gasteiger partial charge in [0.1, 0.15) is 5.15 Å². The zero-order chi connectivity index (χ0) is 10.4. The van der Waals surface area contributed by atoms with Crippen molar-refractivity contribution in [2.75, 3.05) is 6.54 Å². The summed E-state index contributed by atoms with van der Waals surface area (Å²) in [4.78, 5) is 4.07. The van der Waals surface area contributed by atoms with E-state index in [0.29, 0.717) is 16.2 Å². The van der Waals surface area contributed by atoms with E-state index < -0.39 is 0 Å². The molecule has 1 aromatic heterocycles. The molecule has 1 aliphatic carbocycles. The smallest absolute Gasteiger partial charge is 0.147 e. The Morgan fingerprint density at radius 1 is 1.40 bits per heavy atom. The van der Waals surface area contributed by atoms with Gasteiger partial charge < -0.3 is 5.32 Å². The molecule has 1 fully saturated rings. The van der Waals surface area contributed by atoms with Crippen LogP contribution >= 0.6 is 23.2 Å². The summed E-state index contributed by atoms with van der Waals surface area (Å²) in [5.74, 6) is 0.773. The van der Waals surface area contributed by atoms with Crippen LogP contribution in [0.3, 0.4) is 0 Å². The number of hydrogen-bond donors (Lipinski definition) is 1. The second-order valence-corrected chi connectivity index (χ2v) is 4.85. The molecule has 3 rings (SSSR count). The lowest BCUT2D eigenvalue weighted by Crippen LogP contribution is -2.49. The van der Waals surface area contributed by atoms with Gasteiger partial charge in [-0.05, 0) is 29.5 Å². The normalized spacial score (nSPS) is 28.3. The Balaban J connectivity index is 1.93. The molecule has 2 atom stereocenters. The highest BCUT2D eigenvalue weighted by molar-refractivity contribution is 6.41. The first-order valence-corrected chi connectivity index (χ1v) is 5.75. The van der Waals surface area contributed by atoms with Gasteiger partial charge in [-0.25, -0.2) is 4.98 Å². The number of nitrogens with one attached hydrogen (secondary N) is 1. The van der Waals surface area contributed by atoms with Crippen LogP contribution in [-0.2, 0) is 0 Å². The van der Waals surface area contributed by atoms with Gasteiger partial charge in [0.15, 0.2) is 0 Å². The highest BCUT2D eigenvalue weighted by Crippen LogP contribution is 2.37. The van der Waals surface area contributed by atoms with Gasteiger partial charge in [0.05, 0.1) is 5.02 Å². The van der Waals surface area contributed by atoms with Crippen molar-refractivity contribution in [2.24, 2.45) is 5.92 Å². The summed E-state index contributed by atoms with van der Waals surface area (Å²) in [6, 6.07) is 2.46. The zero-order valence-corrected chi connectivity index (χ0v) is 9.52. The van der Waals surface area contributed by atoms with Gasteiger partial charge >= 0.3 is 0 Å². The van der Waals surface area contributed by atoms with Crippen LogP contribution in [-0.4, -0.2) is 17.6 Å². The van der Waals surface area contributed by atoms with Crippen LogP contribution in [0.4, 0.5) is 0 Å². The summed E-state index contributed by atoms with van der Waals surface area (Å²) in [5, 5.41) is 4.28. The Morgan fingerprint density at radius 2 is 2.27 bits per heavy atom. The van der Waals surface area contributed by atoms with Gasteiger partial charge in [-0.1, -0.05) is 29.3 Å². The van der Waals surface area contributed by atoms with Gasteiger partial charge in [-0.3, -0.25) is 0 Å². The van der Waals surface area contributed by atoms with E-state index in [9.17, 15) is 0 Å². The summed E-state index contributed by atoms with van der Waals surface area (Å²) < 4.78 is 0. The molecule has 0 unspecified atom stereocenters. The Kier molecular flexibility index (Phi) is 2.23. The third kappa shape index (κ3) is 1.57. The van der Waals surface area contributed by atoms with Gasteiger partial charge in [0, 0.05) is 18.8 Å². The molecule has 0 radical (unpaired) electrons. The molecule has 1 aliphatic heterocycles. The highest BCUT2D eigenvalue weighted by atomic mass is 35.5. The topological polar surface area (TPSA) is 24.9 Å². The zero-order valence-electron chi connectivity index (χ0n) is 8.00. The Hall–Kier alpha value is -0.570. The number of nitrogens with zero attached hydrogens (tertiary/aromatic N) is 1. The standard InChI is InChI=1S/C11H10Cl2N2/c12-9-2-7(4-15-11(9)13)6-1-8-5-14-10(8)3-6/h2-4,8,10,14H,1,5H2/t8-,10-/m1/s1. The third-order valence-electron chi connectivity index (χ3n) is 3.15. The minimum atomic E-state index is 0.375. The maximum Gasteiger partial charge on any atom is 0.147 e. The first kappa shape index (κ1) is 9.64. The number of pyridine rings is 1. The van der Waals surface area contributed by atoms with Gasteiger partial charge in [-0.15, -0.1) is 0 Å². The lowest BCUT2D eigenvalue weighted by Gasteiger charge is -2.31. The van der Waals surface area contributed by atoms with E-state index in [4.69, 9.17) is 23.2 Å². The first-order chi connectivity index (χ1) is 7.24. The molecule has 2 heterocycles. The van der Waals surface area contributed by atoms with Gasteiger partial charge in [-0.2, -0.15) is 0 Å². The van der Waals surface area contributed by atoms with E-state index in [1.165, 1.54) is 5.57 Å². The summed E-state index contributed by atoms with van der Waals surface area (Å²) in [7, 11) is 0. The molecule has 0 aromatic carbocycles. The molecule has 15 heavy (non-hydrogen) atoms. The number of fused-ring (bicyclic) bond motifs is 1. The van der Waals surface area contributed by atoms with Crippen LogP contribution in [0.1, 0.15) is 12.0 Å². The molecule has 2 aliphatic rings. The molecule has 78 valence electrons. The fourth-order valence-corrected chi connectivity index (χ4v) is 2.46. The van der Waals surface area contributed by atoms with Crippen molar-refractivity contribution in [3.63, 3.8) is 0 Å². The molecule has 1 saturated heterocycles. The molecule has 1 aromatic rings. The van der Waals surface area contributed by atoms with E-state index in [0.717, 1.165) is 24.4 Å². The Labute approximate surface area is 98.3 Å². The van der Waals surface area contributed by atoms with Crippen molar-refractivity contribution in [2.45, 2.75) is 12.5 Å². The Morgan fingerprint density at radius 3 is 2.80 bits per heavy atom. The minimum absolute atomic E-state index is 0.375. The largest absolute Gasteiger partial charge is 0.310 e. The van der Waals surface area contributed by atoms with E-state index in [2.05, 4.69) is 16.4 Å². The number of halogens is 2. The fraction of sp³-hybridized carbons (Fsp3) is 0.364. The first-order valence-electron chi connectivity index (χ1n) is 4.99. The number of allylic oxidation sites excluding steroid dienone is 1. The average Bonchev–Trinajstić information content (AvgIpc) is 2.48. The predicted octanol–water partition coefficient (Wildman–Crippen LogP) is 2.76. The molecule has 0 spiro atoms. The van der Waals surface area contributed by atoms with E-state index in [1.807, 2.05) is 6.07 Å². The lowest BCUT2D eigenvalue weighted by atomic mass is 9.94. The summed E-state index contributed by atoms with van der Waals surface area (Å²) in [5.41, 5.74) is 2.43. The van der Waals surface area contributed by atoms with Crippen molar-refractivity contribution < 1.29 is 0 Å². The van der Waals surface area contributed by atoms with Crippen molar-refractivity contribution in [3.8, 4) is 0 Å². The monoisotopic (exact) mass is 240 g/mol. The average molecular weight is 241 g/mol. The molecular formula is C11H10Cl2N2. The second kappa shape index (κ2) is 3.48. The molecule has 1 N–H and O–H groups in total. The van der Waals surface area contributed by atoms with Crippen molar-refractivity contribution >= 4 is 28.8 Å². The summed E-state index contributed by atoms with van der Waals surface area (Å²) >= 11 is 11.7. The van der Waals surface area contributed by atoms with Gasteiger partial charge in [0.25, 0.3) is 0 Å². The molecule has 0 amide bonds. The van der Waals surface area contributed by atoms with Crippen LogP contribution in [0, 0.1) is 5.92 Å². The molecule has 0 saturated carbocycles. The van der Waals surface area contributed by atoms with E-state index in [-0.39, 0.29) is 0 Å². The highest BCUT2D eigenvalue weighted by Gasteiger charge is 2.34.